The van der Waals surface area contributed by atoms with Crippen LogP contribution in [0.3, 0.4) is 0 Å². The Labute approximate surface area is 193 Å². The molecule has 0 spiro atoms. The molecule has 0 bridgehead atoms. The predicted molar refractivity (Wildman–Crippen MR) is 128 cm³/mol. The van der Waals surface area contributed by atoms with Crippen LogP contribution in [0.4, 0.5) is 5.13 Å². The molecule has 1 N–H and O–H groups in total. The van der Waals surface area contributed by atoms with Gasteiger partial charge >= 0.3 is 0 Å². The summed E-state index contributed by atoms with van der Waals surface area (Å²) in [6, 6.07) is 20.9. The Morgan fingerprint density at radius 3 is 2.74 bits per heavy atom. The monoisotopic (exact) mass is 463 g/mol. The number of thiazole rings is 1. The SMILES string of the molecule is N#C/C(=C\c1cccc2ccccc12)C(=O)Nc1ncc(Cc2ccc(Cl)cc2Cl)s1. The maximum atomic E-state index is 12.7. The van der Waals surface area contributed by atoms with E-state index in [-0.39, 0.29) is 5.57 Å². The minimum atomic E-state index is -0.499. The normalized spacial score (nSPS) is 11.3. The summed E-state index contributed by atoms with van der Waals surface area (Å²) in [5, 5.41) is 15.8. The van der Waals surface area contributed by atoms with Crippen molar-refractivity contribution >= 4 is 62.4 Å². The highest BCUT2D eigenvalue weighted by molar-refractivity contribution is 7.15. The molecular formula is C24H15Cl2N3OS. The lowest BCUT2D eigenvalue weighted by Gasteiger charge is -2.04. The van der Waals surface area contributed by atoms with E-state index in [9.17, 15) is 10.1 Å². The van der Waals surface area contributed by atoms with Crippen molar-refractivity contribution in [3.05, 3.63) is 98.5 Å². The number of carbonyl (C=O) groups is 1. The van der Waals surface area contributed by atoms with Gasteiger partial charge in [-0.25, -0.2) is 4.98 Å². The molecule has 7 heteroatoms. The molecule has 4 nitrogen and oxygen atoms in total. The van der Waals surface area contributed by atoms with Gasteiger partial charge in [0.15, 0.2) is 5.13 Å². The van der Waals surface area contributed by atoms with Gasteiger partial charge in [0.1, 0.15) is 11.6 Å². The molecule has 1 aromatic heterocycles. The molecule has 0 radical (unpaired) electrons. The average molecular weight is 464 g/mol. The van der Waals surface area contributed by atoms with E-state index < -0.39 is 5.91 Å². The van der Waals surface area contributed by atoms with Gasteiger partial charge < -0.3 is 0 Å². The van der Waals surface area contributed by atoms with Gasteiger partial charge in [-0.3, -0.25) is 10.1 Å². The van der Waals surface area contributed by atoms with Gasteiger partial charge in [0, 0.05) is 27.5 Å². The molecule has 1 heterocycles. The Hall–Kier alpha value is -3.17. The van der Waals surface area contributed by atoms with Gasteiger partial charge in [-0.05, 0) is 40.1 Å². The summed E-state index contributed by atoms with van der Waals surface area (Å²) >= 11 is 13.5. The minimum Gasteiger partial charge on any atom is -0.297 e. The smallest absolute Gasteiger partial charge is 0.268 e. The molecule has 31 heavy (non-hydrogen) atoms. The Kier molecular flexibility index (Phi) is 6.34. The summed E-state index contributed by atoms with van der Waals surface area (Å²) in [5.74, 6) is -0.499. The van der Waals surface area contributed by atoms with Crippen LogP contribution in [0.2, 0.25) is 10.0 Å². The standard InChI is InChI=1S/C24H15Cl2N3OS/c25-19-9-8-17(22(26)12-19)11-20-14-28-24(31-20)29-23(30)18(13-27)10-16-6-3-5-15-4-1-2-7-21(15)16/h1-10,12,14H,11H2,(H,28,29,30)/b18-10+. The highest BCUT2D eigenvalue weighted by Crippen LogP contribution is 2.27. The minimum absolute atomic E-state index is 0.00819. The molecule has 0 aliphatic carbocycles. The first-order valence-corrected chi connectivity index (χ1v) is 10.9. The molecule has 0 fully saturated rings. The van der Waals surface area contributed by atoms with Gasteiger partial charge in [0.05, 0.1) is 0 Å². The van der Waals surface area contributed by atoms with Gasteiger partial charge in [-0.15, -0.1) is 11.3 Å². The number of aromatic nitrogens is 1. The molecule has 152 valence electrons. The lowest BCUT2D eigenvalue weighted by molar-refractivity contribution is -0.112. The lowest BCUT2D eigenvalue weighted by Crippen LogP contribution is -2.13. The first-order chi connectivity index (χ1) is 15.0. The second-order valence-corrected chi connectivity index (χ2v) is 8.70. The molecule has 0 saturated heterocycles. The van der Waals surface area contributed by atoms with Crippen LogP contribution < -0.4 is 5.32 Å². The largest absolute Gasteiger partial charge is 0.297 e. The van der Waals surface area contributed by atoms with Crippen LogP contribution in [-0.4, -0.2) is 10.9 Å². The number of nitrogens with one attached hydrogen (secondary N) is 1. The molecule has 0 saturated carbocycles. The summed E-state index contributed by atoms with van der Waals surface area (Å²) < 4.78 is 0. The third-order valence-electron chi connectivity index (χ3n) is 4.64. The fourth-order valence-electron chi connectivity index (χ4n) is 3.14. The summed E-state index contributed by atoms with van der Waals surface area (Å²) in [5.41, 5.74) is 1.73. The summed E-state index contributed by atoms with van der Waals surface area (Å²) in [4.78, 5) is 17.9. The molecule has 0 atom stereocenters. The van der Waals surface area contributed by atoms with Crippen LogP contribution in [0, 0.1) is 11.3 Å². The number of hydrogen-bond acceptors (Lipinski definition) is 4. The molecule has 4 rings (SSSR count). The van der Waals surface area contributed by atoms with Crippen molar-refractivity contribution in [1.82, 2.24) is 4.98 Å². The molecule has 3 aromatic carbocycles. The van der Waals surface area contributed by atoms with Crippen molar-refractivity contribution in [3.8, 4) is 6.07 Å². The number of amides is 1. The van der Waals surface area contributed by atoms with Crippen LogP contribution >= 0.6 is 34.5 Å². The van der Waals surface area contributed by atoms with Crippen molar-refractivity contribution in [2.45, 2.75) is 6.42 Å². The fraction of sp³-hybridized carbons (Fsp3) is 0.0417. The Bertz CT molecular complexity index is 1350. The van der Waals surface area contributed by atoms with E-state index in [1.165, 1.54) is 11.3 Å². The highest BCUT2D eigenvalue weighted by atomic mass is 35.5. The van der Waals surface area contributed by atoms with Gasteiger partial charge in [-0.1, -0.05) is 71.7 Å². The van der Waals surface area contributed by atoms with Crippen molar-refractivity contribution in [2.24, 2.45) is 0 Å². The van der Waals surface area contributed by atoms with Gasteiger partial charge in [-0.2, -0.15) is 5.26 Å². The van der Waals surface area contributed by atoms with E-state index >= 15 is 0 Å². The van der Waals surface area contributed by atoms with Gasteiger partial charge in [0.2, 0.25) is 0 Å². The number of fused-ring (bicyclic) bond motifs is 1. The van der Waals surface area contributed by atoms with E-state index in [4.69, 9.17) is 23.2 Å². The Balaban J connectivity index is 1.52. The van der Waals surface area contributed by atoms with Crippen molar-refractivity contribution < 1.29 is 4.79 Å². The molecule has 1 amide bonds. The number of hydrogen-bond donors (Lipinski definition) is 1. The zero-order chi connectivity index (χ0) is 21.8. The van der Waals surface area contributed by atoms with Crippen LogP contribution in [0.15, 0.2) is 72.4 Å². The first-order valence-electron chi connectivity index (χ1n) is 9.33. The summed E-state index contributed by atoms with van der Waals surface area (Å²) in [6.45, 7) is 0. The third-order valence-corrected chi connectivity index (χ3v) is 6.14. The number of benzene rings is 3. The van der Waals surface area contributed by atoms with E-state index in [1.807, 2.05) is 54.6 Å². The van der Waals surface area contributed by atoms with Crippen LogP contribution in [-0.2, 0) is 11.2 Å². The second-order valence-electron chi connectivity index (χ2n) is 6.74. The van der Waals surface area contributed by atoms with Crippen molar-refractivity contribution in [3.63, 3.8) is 0 Å². The van der Waals surface area contributed by atoms with E-state index in [0.717, 1.165) is 26.8 Å². The quantitative estimate of drug-likeness (QED) is 0.263. The van der Waals surface area contributed by atoms with E-state index in [1.54, 1.807) is 24.4 Å². The predicted octanol–water partition coefficient (Wildman–Crippen LogP) is 6.74. The zero-order valence-electron chi connectivity index (χ0n) is 16.1. The highest BCUT2D eigenvalue weighted by Gasteiger charge is 2.13. The van der Waals surface area contributed by atoms with E-state index in [0.29, 0.717) is 21.6 Å². The van der Waals surface area contributed by atoms with Gasteiger partial charge in [0.25, 0.3) is 5.91 Å². The first kappa shape index (κ1) is 21.1. The summed E-state index contributed by atoms with van der Waals surface area (Å²) in [6.07, 6.45) is 3.85. The topological polar surface area (TPSA) is 65.8 Å². The van der Waals surface area contributed by atoms with E-state index in [2.05, 4.69) is 10.3 Å². The molecule has 4 aromatic rings. The summed E-state index contributed by atoms with van der Waals surface area (Å²) in [7, 11) is 0. The number of anilines is 1. The van der Waals surface area contributed by atoms with Crippen molar-refractivity contribution in [1.29, 1.82) is 5.26 Å². The van der Waals surface area contributed by atoms with Crippen LogP contribution in [0.25, 0.3) is 16.8 Å². The van der Waals surface area contributed by atoms with Crippen LogP contribution in [0.5, 0.6) is 0 Å². The molecule has 0 unspecified atom stereocenters. The van der Waals surface area contributed by atoms with Crippen molar-refractivity contribution in [2.75, 3.05) is 5.32 Å². The number of halogens is 2. The number of nitriles is 1. The zero-order valence-corrected chi connectivity index (χ0v) is 18.4. The maximum Gasteiger partial charge on any atom is 0.268 e. The Morgan fingerprint density at radius 1 is 1.13 bits per heavy atom. The molecule has 0 aliphatic rings. The lowest BCUT2D eigenvalue weighted by atomic mass is 10.0. The third kappa shape index (κ3) is 4.95. The number of rotatable bonds is 5. The Morgan fingerprint density at radius 2 is 1.94 bits per heavy atom. The molecule has 0 aliphatic heterocycles. The van der Waals surface area contributed by atoms with Crippen LogP contribution in [0.1, 0.15) is 16.0 Å². The fourth-order valence-corrected chi connectivity index (χ4v) is 4.45. The average Bonchev–Trinajstić information content (AvgIpc) is 3.20. The number of nitrogens with zero attached hydrogens (tertiary/aromatic N) is 2. The molecular weight excluding hydrogens is 449 g/mol. The number of carbonyl (C=O) groups excluding carboxylic acids is 1. The second kappa shape index (κ2) is 9.32. The maximum absolute atomic E-state index is 12.7.